The van der Waals surface area contributed by atoms with Gasteiger partial charge in [-0.15, -0.1) is 11.6 Å². The molecular weight excluding hydrogens is 204 g/mol. The van der Waals surface area contributed by atoms with Gasteiger partial charge in [0.2, 0.25) is 5.88 Å². The highest BCUT2D eigenvalue weighted by Gasteiger charge is 2.17. The van der Waals surface area contributed by atoms with Gasteiger partial charge in [-0.05, 0) is 0 Å². The van der Waals surface area contributed by atoms with Crippen LogP contribution in [-0.4, -0.2) is 29.3 Å². The number of rotatable bonds is 3. The van der Waals surface area contributed by atoms with Gasteiger partial charge >= 0.3 is 0 Å². The van der Waals surface area contributed by atoms with Crippen LogP contribution in [0.15, 0.2) is 12.4 Å². The molecular formula is C9H11ClN2O2. The molecule has 2 rings (SSSR count). The van der Waals surface area contributed by atoms with Gasteiger partial charge in [0.05, 0.1) is 37.2 Å². The van der Waals surface area contributed by atoms with Crippen molar-refractivity contribution in [1.82, 2.24) is 9.97 Å². The molecule has 1 fully saturated rings. The van der Waals surface area contributed by atoms with Gasteiger partial charge in [0.1, 0.15) is 6.10 Å². The second kappa shape index (κ2) is 4.57. The molecule has 1 aliphatic rings. The van der Waals surface area contributed by atoms with Crippen molar-refractivity contribution in [2.75, 3.05) is 13.2 Å². The lowest BCUT2D eigenvalue weighted by atomic mass is 10.3. The van der Waals surface area contributed by atoms with Gasteiger partial charge in [0, 0.05) is 6.42 Å². The van der Waals surface area contributed by atoms with E-state index in [4.69, 9.17) is 21.1 Å². The van der Waals surface area contributed by atoms with Crippen molar-refractivity contribution in [2.45, 2.75) is 18.4 Å². The van der Waals surface area contributed by atoms with E-state index in [-0.39, 0.29) is 6.10 Å². The standard InChI is InChI=1S/C9H11ClN2O2/c10-3-7-4-12-9(5-11-7)14-8-1-2-13-6-8/h4-5,8H,1-3,6H2. The van der Waals surface area contributed by atoms with Gasteiger partial charge in [0.25, 0.3) is 0 Å². The SMILES string of the molecule is ClCc1cnc(OC2CCOC2)cn1. The molecule has 4 nitrogen and oxygen atoms in total. The summed E-state index contributed by atoms with van der Waals surface area (Å²) in [4.78, 5) is 8.17. The fourth-order valence-electron chi connectivity index (χ4n) is 1.25. The van der Waals surface area contributed by atoms with Crippen LogP contribution in [0.1, 0.15) is 12.1 Å². The first-order chi connectivity index (χ1) is 6.88. The average Bonchev–Trinajstić information content (AvgIpc) is 2.72. The van der Waals surface area contributed by atoms with E-state index in [0.29, 0.717) is 18.4 Å². The molecule has 0 saturated carbocycles. The average molecular weight is 215 g/mol. The van der Waals surface area contributed by atoms with Crippen LogP contribution in [0.3, 0.4) is 0 Å². The molecule has 0 aliphatic carbocycles. The summed E-state index contributed by atoms with van der Waals surface area (Å²) < 4.78 is 10.7. The van der Waals surface area contributed by atoms with Crippen LogP contribution in [-0.2, 0) is 10.6 Å². The summed E-state index contributed by atoms with van der Waals surface area (Å²) in [6.07, 6.45) is 4.25. The maximum Gasteiger partial charge on any atom is 0.232 e. The summed E-state index contributed by atoms with van der Waals surface area (Å²) in [6, 6.07) is 0. The van der Waals surface area contributed by atoms with Crippen LogP contribution in [0.5, 0.6) is 5.88 Å². The van der Waals surface area contributed by atoms with Crippen LogP contribution in [0.4, 0.5) is 0 Å². The zero-order valence-corrected chi connectivity index (χ0v) is 8.41. The van der Waals surface area contributed by atoms with Crippen LogP contribution in [0.2, 0.25) is 0 Å². The Morgan fingerprint density at radius 2 is 2.43 bits per heavy atom. The minimum Gasteiger partial charge on any atom is -0.471 e. The number of alkyl halides is 1. The molecule has 1 saturated heterocycles. The molecule has 0 N–H and O–H groups in total. The number of aromatic nitrogens is 2. The summed E-state index contributed by atoms with van der Waals surface area (Å²) in [5.74, 6) is 0.911. The lowest BCUT2D eigenvalue weighted by molar-refractivity contribution is 0.137. The second-order valence-electron chi connectivity index (χ2n) is 3.08. The summed E-state index contributed by atoms with van der Waals surface area (Å²) in [5, 5.41) is 0. The van der Waals surface area contributed by atoms with Crippen molar-refractivity contribution in [3.05, 3.63) is 18.1 Å². The third-order valence-corrected chi connectivity index (χ3v) is 2.27. The van der Waals surface area contributed by atoms with Gasteiger partial charge in [-0.25, -0.2) is 4.98 Å². The molecule has 5 heteroatoms. The van der Waals surface area contributed by atoms with E-state index in [1.165, 1.54) is 0 Å². The molecule has 2 heterocycles. The largest absolute Gasteiger partial charge is 0.471 e. The fraction of sp³-hybridized carbons (Fsp3) is 0.556. The van der Waals surface area contributed by atoms with Crippen LogP contribution in [0.25, 0.3) is 0 Å². The Morgan fingerprint density at radius 1 is 1.50 bits per heavy atom. The first-order valence-corrected chi connectivity index (χ1v) is 5.03. The highest BCUT2D eigenvalue weighted by molar-refractivity contribution is 6.16. The Morgan fingerprint density at radius 3 is 3.00 bits per heavy atom. The highest BCUT2D eigenvalue weighted by Crippen LogP contribution is 2.13. The number of hydrogen-bond donors (Lipinski definition) is 0. The molecule has 0 spiro atoms. The quantitative estimate of drug-likeness (QED) is 0.714. The molecule has 14 heavy (non-hydrogen) atoms. The zero-order valence-electron chi connectivity index (χ0n) is 7.65. The Labute approximate surface area is 87.2 Å². The molecule has 0 aromatic carbocycles. The van der Waals surface area contributed by atoms with Crippen LogP contribution >= 0.6 is 11.6 Å². The first-order valence-electron chi connectivity index (χ1n) is 4.50. The number of hydrogen-bond acceptors (Lipinski definition) is 4. The number of ether oxygens (including phenoxy) is 2. The smallest absolute Gasteiger partial charge is 0.232 e. The number of halogens is 1. The lowest BCUT2D eigenvalue weighted by Gasteiger charge is -2.09. The normalized spacial score (nSPS) is 21.1. The first kappa shape index (κ1) is 9.68. The van der Waals surface area contributed by atoms with E-state index in [1.807, 2.05) is 0 Å². The monoisotopic (exact) mass is 214 g/mol. The van der Waals surface area contributed by atoms with E-state index in [1.54, 1.807) is 12.4 Å². The predicted molar refractivity (Wildman–Crippen MR) is 51.4 cm³/mol. The number of nitrogens with zero attached hydrogens (tertiary/aromatic N) is 2. The molecule has 0 bridgehead atoms. The zero-order chi connectivity index (χ0) is 9.80. The van der Waals surface area contributed by atoms with Crippen molar-refractivity contribution in [2.24, 2.45) is 0 Å². The minimum atomic E-state index is 0.117. The summed E-state index contributed by atoms with van der Waals surface area (Å²) in [7, 11) is 0. The minimum absolute atomic E-state index is 0.117. The van der Waals surface area contributed by atoms with Crippen molar-refractivity contribution < 1.29 is 9.47 Å². The van der Waals surface area contributed by atoms with Gasteiger partial charge in [-0.3, -0.25) is 4.98 Å². The Kier molecular flexibility index (Phi) is 3.16. The van der Waals surface area contributed by atoms with Gasteiger partial charge < -0.3 is 9.47 Å². The second-order valence-corrected chi connectivity index (χ2v) is 3.35. The van der Waals surface area contributed by atoms with Crippen LogP contribution in [0, 0.1) is 0 Å². The van der Waals surface area contributed by atoms with Gasteiger partial charge in [-0.1, -0.05) is 0 Å². The van der Waals surface area contributed by atoms with E-state index in [2.05, 4.69) is 9.97 Å². The third kappa shape index (κ3) is 2.33. The van der Waals surface area contributed by atoms with E-state index < -0.39 is 0 Å². The molecule has 1 aromatic rings. The van der Waals surface area contributed by atoms with E-state index in [9.17, 15) is 0 Å². The fourth-order valence-corrected chi connectivity index (χ4v) is 1.39. The molecule has 0 amide bonds. The molecule has 1 aliphatic heterocycles. The topological polar surface area (TPSA) is 44.2 Å². The van der Waals surface area contributed by atoms with Crippen LogP contribution < -0.4 is 4.74 Å². The summed E-state index contributed by atoms with van der Waals surface area (Å²) in [5.41, 5.74) is 0.752. The van der Waals surface area contributed by atoms with Gasteiger partial charge in [-0.2, -0.15) is 0 Å². The maximum absolute atomic E-state index is 5.59. The summed E-state index contributed by atoms with van der Waals surface area (Å²) >= 11 is 5.59. The summed E-state index contributed by atoms with van der Waals surface area (Å²) in [6.45, 7) is 1.40. The van der Waals surface area contributed by atoms with Gasteiger partial charge in [0.15, 0.2) is 0 Å². The Balaban J connectivity index is 1.95. The third-order valence-electron chi connectivity index (χ3n) is 1.99. The van der Waals surface area contributed by atoms with E-state index >= 15 is 0 Å². The molecule has 1 aromatic heterocycles. The molecule has 1 unspecified atom stereocenters. The Bertz CT molecular complexity index is 285. The van der Waals surface area contributed by atoms with Crippen molar-refractivity contribution in [3.8, 4) is 5.88 Å². The molecule has 1 atom stereocenters. The van der Waals surface area contributed by atoms with Crippen molar-refractivity contribution in [3.63, 3.8) is 0 Å². The lowest BCUT2D eigenvalue weighted by Crippen LogP contribution is -2.16. The highest BCUT2D eigenvalue weighted by atomic mass is 35.5. The van der Waals surface area contributed by atoms with E-state index in [0.717, 1.165) is 18.7 Å². The Hall–Kier alpha value is -0.870. The van der Waals surface area contributed by atoms with Crippen molar-refractivity contribution >= 4 is 11.6 Å². The predicted octanol–water partition coefficient (Wildman–Crippen LogP) is 1.38. The molecule has 0 radical (unpaired) electrons. The molecule has 76 valence electrons. The van der Waals surface area contributed by atoms with Crippen molar-refractivity contribution in [1.29, 1.82) is 0 Å². The maximum atomic E-state index is 5.59.